The predicted octanol–water partition coefficient (Wildman–Crippen LogP) is 2.14. The van der Waals surface area contributed by atoms with E-state index in [0.29, 0.717) is 5.56 Å². The maximum Gasteiger partial charge on any atom is 0.326 e. The van der Waals surface area contributed by atoms with Crippen LogP contribution in [0.1, 0.15) is 35.7 Å². The number of aliphatic carboxylic acids is 1. The minimum absolute atomic E-state index is 0.240. The Morgan fingerprint density at radius 3 is 2.48 bits per heavy atom. The zero-order valence-electron chi connectivity index (χ0n) is 12.8. The zero-order valence-corrected chi connectivity index (χ0v) is 12.8. The number of nitrogens with zero attached hydrogens (tertiary/aromatic N) is 2. The van der Waals surface area contributed by atoms with Crippen LogP contribution in [0.25, 0.3) is 0 Å². The summed E-state index contributed by atoms with van der Waals surface area (Å²) in [5.41, 5.74) is 2.50. The summed E-state index contributed by atoms with van der Waals surface area (Å²) >= 11 is 0. The number of carboxylic acid groups (broad SMARTS) is 1. The molecule has 1 aliphatic heterocycles. The lowest BCUT2D eigenvalue weighted by atomic mass is 10.1. The second-order valence-electron chi connectivity index (χ2n) is 5.65. The molecule has 1 heterocycles. The van der Waals surface area contributed by atoms with Gasteiger partial charge in [-0.05, 0) is 38.8 Å². The summed E-state index contributed by atoms with van der Waals surface area (Å²) in [5.74, 6) is -1.24. The van der Waals surface area contributed by atoms with Crippen molar-refractivity contribution in [3.63, 3.8) is 0 Å². The highest BCUT2D eigenvalue weighted by Gasteiger charge is 2.26. The number of carboxylic acids is 1. The molecule has 0 spiro atoms. The number of aryl methyl sites for hydroxylation is 1. The molecule has 0 unspecified atom stereocenters. The third-order valence-corrected chi connectivity index (χ3v) is 4.09. The van der Waals surface area contributed by atoms with Gasteiger partial charge in [-0.3, -0.25) is 4.79 Å². The summed E-state index contributed by atoms with van der Waals surface area (Å²) in [6.45, 7) is 5.35. The Bertz CT molecular complexity index is 550. The summed E-state index contributed by atoms with van der Waals surface area (Å²) < 4.78 is 0. The van der Waals surface area contributed by atoms with Gasteiger partial charge >= 0.3 is 5.97 Å². The third-order valence-electron chi connectivity index (χ3n) is 4.09. The molecule has 1 aliphatic rings. The first-order valence-corrected chi connectivity index (χ1v) is 7.27. The van der Waals surface area contributed by atoms with E-state index in [-0.39, 0.29) is 5.91 Å². The van der Waals surface area contributed by atoms with Gasteiger partial charge in [0.1, 0.15) is 6.04 Å². The molecule has 1 fully saturated rings. The second-order valence-corrected chi connectivity index (χ2v) is 5.65. The quantitative estimate of drug-likeness (QED) is 0.923. The Kier molecular flexibility index (Phi) is 4.50. The van der Waals surface area contributed by atoms with E-state index in [2.05, 4.69) is 4.90 Å². The molecule has 1 atom stereocenters. The molecular weight excluding hydrogens is 268 g/mol. The van der Waals surface area contributed by atoms with Crippen LogP contribution in [0.15, 0.2) is 18.2 Å². The summed E-state index contributed by atoms with van der Waals surface area (Å²) in [5, 5.41) is 9.08. The SMILES string of the molecule is Cc1ccc(N2CCCC2)c(C(=O)N(C)[C@@H](C)C(=O)O)c1. The van der Waals surface area contributed by atoms with Crippen LogP contribution < -0.4 is 4.90 Å². The summed E-state index contributed by atoms with van der Waals surface area (Å²) in [7, 11) is 1.54. The molecule has 2 rings (SSSR count). The summed E-state index contributed by atoms with van der Waals surface area (Å²) in [6, 6.07) is 4.96. The molecule has 1 N–H and O–H groups in total. The largest absolute Gasteiger partial charge is 0.480 e. The van der Waals surface area contributed by atoms with Crippen molar-refractivity contribution < 1.29 is 14.7 Å². The fourth-order valence-electron chi connectivity index (χ4n) is 2.59. The Hall–Kier alpha value is -2.04. The van der Waals surface area contributed by atoms with Crippen molar-refractivity contribution in [1.29, 1.82) is 0 Å². The average Bonchev–Trinajstić information content (AvgIpc) is 2.98. The fraction of sp³-hybridized carbons (Fsp3) is 0.500. The van der Waals surface area contributed by atoms with Gasteiger partial charge in [0, 0.05) is 25.8 Å². The molecule has 1 aromatic carbocycles. The van der Waals surface area contributed by atoms with E-state index in [0.717, 1.165) is 37.2 Å². The Labute approximate surface area is 125 Å². The minimum Gasteiger partial charge on any atom is -0.480 e. The molecule has 0 aromatic heterocycles. The smallest absolute Gasteiger partial charge is 0.326 e. The molecule has 21 heavy (non-hydrogen) atoms. The van der Waals surface area contributed by atoms with E-state index < -0.39 is 12.0 Å². The van der Waals surface area contributed by atoms with Gasteiger partial charge < -0.3 is 14.9 Å². The van der Waals surface area contributed by atoms with Crippen molar-refractivity contribution in [2.45, 2.75) is 32.7 Å². The first-order chi connectivity index (χ1) is 9.91. The van der Waals surface area contributed by atoms with Gasteiger partial charge in [0.15, 0.2) is 0 Å². The van der Waals surface area contributed by atoms with Crippen molar-refractivity contribution in [3.05, 3.63) is 29.3 Å². The van der Waals surface area contributed by atoms with Crippen LogP contribution >= 0.6 is 0 Å². The van der Waals surface area contributed by atoms with Gasteiger partial charge in [-0.15, -0.1) is 0 Å². The summed E-state index contributed by atoms with van der Waals surface area (Å²) in [6.07, 6.45) is 2.26. The Morgan fingerprint density at radius 2 is 1.90 bits per heavy atom. The van der Waals surface area contributed by atoms with Gasteiger partial charge in [0.25, 0.3) is 5.91 Å². The normalized spacial score (nSPS) is 15.9. The molecule has 0 saturated carbocycles. The number of hydrogen-bond donors (Lipinski definition) is 1. The Morgan fingerprint density at radius 1 is 1.29 bits per heavy atom. The van der Waals surface area contributed by atoms with Crippen LogP contribution in [0.2, 0.25) is 0 Å². The zero-order chi connectivity index (χ0) is 15.6. The van der Waals surface area contributed by atoms with E-state index in [9.17, 15) is 9.59 Å². The number of anilines is 1. The van der Waals surface area contributed by atoms with Crippen molar-refractivity contribution >= 4 is 17.6 Å². The van der Waals surface area contributed by atoms with Crippen LogP contribution in [0.3, 0.4) is 0 Å². The molecule has 1 saturated heterocycles. The van der Waals surface area contributed by atoms with Crippen molar-refractivity contribution in [2.75, 3.05) is 25.0 Å². The number of carbonyl (C=O) groups is 2. The first-order valence-electron chi connectivity index (χ1n) is 7.27. The second kappa shape index (κ2) is 6.16. The first kappa shape index (κ1) is 15.4. The van der Waals surface area contributed by atoms with E-state index in [1.54, 1.807) is 0 Å². The third kappa shape index (κ3) is 3.17. The van der Waals surface area contributed by atoms with Gasteiger partial charge in [-0.2, -0.15) is 0 Å². The van der Waals surface area contributed by atoms with Crippen LogP contribution in [-0.4, -0.2) is 48.1 Å². The van der Waals surface area contributed by atoms with Crippen molar-refractivity contribution in [2.24, 2.45) is 0 Å². The lowest BCUT2D eigenvalue weighted by Crippen LogP contribution is -2.40. The molecule has 0 bridgehead atoms. The Balaban J connectivity index is 2.35. The molecular formula is C16H22N2O3. The van der Waals surface area contributed by atoms with Crippen LogP contribution in [-0.2, 0) is 4.79 Å². The molecule has 0 aliphatic carbocycles. The molecule has 5 nitrogen and oxygen atoms in total. The van der Waals surface area contributed by atoms with E-state index in [1.807, 2.05) is 25.1 Å². The fourth-order valence-corrected chi connectivity index (χ4v) is 2.59. The van der Waals surface area contributed by atoms with E-state index >= 15 is 0 Å². The van der Waals surface area contributed by atoms with Crippen molar-refractivity contribution in [1.82, 2.24) is 4.90 Å². The highest BCUT2D eigenvalue weighted by atomic mass is 16.4. The van der Waals surface area contributed by atoms with E-state index in [4.69, 9.17) is 5.11 Å². The summed E-state index contributed by atoms with van der Waals surface area (Å²) in [4.78, 5) is 27.2. The van der Waals surface area contributed by atoms with Crippen LogP contribution in [0, 0.1) is 6.92 Å². The number of amides is 1. The molecule has 1 amide bonds. The van der Waals surface area contributed by atoms with Gasteiger partial charge in [-0.1, -0.05) is 11.6 Å². The topological polar surface area (TPSA) is 60.9 Å². The van der Waals surface area contributed by atoms with Crippen molar-refractivity contribution in [3.8, 4) is 0 Å². The number of benzene rings is 1. The van der Waals surface area contributed by atoms with Gasteiger partial charge in [0.05, 0.1) is 5.56 Å². The predicted molar refractivity (Wildman–Crippen MR) is 81.8 cm³/mol. The highest BCUT2D eigenvalue weighted by molar-refractivity contribution is 6.01. The standard InChI is InChI=1S/C16H22N2O3/c1-11-6-7-14(18-8-4-5-9-18)13(10-11)15(19)17(3)12(2)16(20)21/h6-7,10,12H,4-5,8-9H2,1-3H3,(H,20,21)/t12-/m0/s1. The molecule has 5 heteroatoms. The number of hydrogen-bond acceptors (Lipinski definition) is 3. The monoisotopic (exact) mass is 290 g/mol. The number of likely N-dealkylation sites (N-methyl/N-ethyl adjacent to an activating group) is 1. The maximum absolute atomic E-state index is 12.7. The lowest BCUT2D eigenvalue weighted by Gasteiger charge is -2.26. The average molecular weight is 290 g/mol. The molecule has 1 aromatic rings. The highest BCUT2D eigenvalue weighted by Crippen LogP contribution is 2.27. The lowest BCUT2D eigenvalue weighted by molar-refractivity contribution is -0.141. The maximum atomic E-state index is 12.7. The van der Waals surface area contributed by atoms with Gasteiger partial charge in [-0.25, -0.2) is 4.79 Å². The van der Waals surface area contributed by atoms with Crippen LogP contribution in [0.4, 0.5) is 5.69 Å². The van der Waals surface area contributed by atoms with E-state index in [1.165, 1.54) is 18.9 Å². The van der Waals surface area contributed by atoms with Crippen LogP contribution in [0.5, 0.6) is 0 Å². The number of carbonyl (C=O) groups excluding carboxylic acids is 1. The number of rotatable bonds is 4. The molecule has 0 radical (unpaired) electrons. The van der Waals surface area contributed by atoms with Gasteiger partial charge in [0.2, 0.25) is 0 Å². The minimum atomic E-state index is -0.999. The molecule has 114 valence electrons.